The second-order valence-electron chi connectivity index (χ2n) is 6.48. The molecule has 6 heteroatoms. The molecule has 1 saturated heterocycles. The van der Waals surface area contributed by atoms with Gasteiger partial charge in [-0.2, -0.15) is 4.98 Å². The van der Waals surface area contributed by atoms with Crippen LogP contribution in [0.5, 0.6) is 0 Å². The predicted molar refractivity (Wildman–Crippen MR) is 85.0 cm³/mol. The van der Waals surface area contributed by atoms with Crippen molar-refractivity contribution in [2.75, 3.05) is 13.2 Å². The molecule has 0 spiro atoms. The number of hydrogen-bond acceptors (Lipinski definition) is 6. The minimum absolute atomic E-state index is 0.0309. The Morgan fingerprint density at radius 2 is 2.09 bits per heavy atom. The normalized spacial score (nSPS) is 17.7. The lowest BCUT2D eigenvalue weighted by Gasteiger charge is -2.28. The highest BCUT2D eigenvalue weighted by Gasteiger charge is 2.30. The van der Waals surface area contributed by atoms with Gasteiger partial charge in [-0.1, -0.05) is 19.0 Å². The highest BCUT2D eigenvalue weighted by molar-refractivity contribution is 5.14. The van der Waals surface area contributed by atoms with Crippen LogP contribution in [0.1, 0.15) is 61.7 Å². The Morgan fingerprint density at radius 1 is 1.30 bits per heavy atom. The van der Waals surface area contributed by atoms with Crippen LogP contribution in [0, 0.1) is 12.8 Å². The maximum Gasteiger partial charge on any atom is 0.244 e. The van der Waals surface area contributed by atoms with Gasteiger partial charge in [-0.25, -0.2) is 0 Å². The van der Waals surface area contributed by atoms with Crippen LogP contribution in [-0.2, 0) is 11.3 Å². The van der Waals surface area contributed by atoms with Gasteiger partial charge in [0.1, 0.15) is 5.76 Å². The van der Waals surface area contributed by atoms with Crippen LogP contribution in [0.3, 0.4) is 0 Å². The van der Waals surface area contributed by atoms with E-state index in [0.29, 0.717) is 18.4 Å². The zero-order valence-electron chi connectivity index (χ0n) is 14.0. The molecule has 0 bridgehead atoms. The van der Waals surface area contributed by atoms with Gasteiger partial charge >= 0.3 is 0 Å². The van der Waals surface area contributed by atoms with Crippen LogP contribution in [0.2, 0.25) is 0 Å². The van der Waals surface area contributed by atoms with Gasteiger partial charge in [0, 0.05) is 19.1 Å². The molecule has 0 aromatic carbocycles. The molecule has 0 saturated carbocycles. The number of furan rings is 1. The van der Waals surface area contributed by atoms with E-state index in [1.54, 1.807) is 6.26 Å². The molecule has 1 N–H and O–H groups in total. The number of nitrogens with one attached hydrogen (secondary N) is 1. The number of hydrogen-bond donors (Lipinski definition) is 1. The molecule has 3 heterocycles. The molecule has 1 aliphatic heterocycles. The van der Waals surface area contributed by atoms with Crippen molar-refractivity contribution in [1.29, 1.82) is 0 Å². The summed E-state index contributed by atoms with van der Waals surface area (Å²) in [7, 11) is 0. The third kappa shape index (κ3) is 3.82. The van der Waals surface area contributed by atoms with Gasteiger partial charge in [-0.15, -0.1) is 0 Å². The zero-order chi connectivity index (χ0) is 16.2. The van der Waals surface area contributed by atoms with E-state index >= 15 is 0 Å². The molecule has 0 unspecified atom stereocenters. The van der Waals surface area contributed by atoms with Gasteiger partial charge in [-0.05, 0) is 37.3 Å². The summed E-state index contributed by atoms with van der Waals surface area (Å²) in [5, 5.41) is 7.67. The molecule has 0 radical (unpaired) electrons. The Hall–Kier alpha value is -1.66. The minimum atomic E-state index is 0.0309. The van der Waals surface area contributed by atoms with Crippen LogP contribution in [0.15, 0.2) is 21.3 Å². The van der Waals surface area contributed by atoms with E-state index in [4.69, 9.17) is 13.7 Å². The third-order valence-electron chi connectivity index (χ3n) is 4.43. The minimum Gasteiger partial charge on any atom is -0.468 e. The molecule has 126 valence electrons. The first-order valence-corrected chi connectivity index (χ1v) is 8.32. The van der Waals surface area contributed by atoms with Gasteiger partial charge in [0.25, 0.3) is 0 Å². The summed E-state index contributed by atoms with van der Waals surface area (Å²) in [6, 6.07) is 2.01. The van der Waals surface area contributed by atoms with E-state index in [-0.39, 0.29) is 12.0 Å². The summed E-state index contributed by atoms with van der Waals surface area (Å²) in [6.45, 7) is 8.41. The average Bonchev–Trinajstić information content (AvgIpc) is 3.19. The topological polar surface area (TPSA) is 73.3 Å². The van der Waals surface area contributed by atoms with Gasteiger partial charge in [-0.3, -0.25) is 5.32 Å². The van der Waals surface area contributed by atoms with Crippen LogP contribution in [0.4, 0.5) is 0 Å². The van der Waals surface area contributed by atoms with Crippen LogP contribution in [-0.4, -0.2) is 23.4 Å². The highest BCUT2D eigenvalue weighted by atomic mass is 16.5. The second kappa shape index (κ2) is 7.27. The summed E-state index contributed by atoms with van der Waals surface area (Å²) < 4.78 is 16.6. The number of nitrogens with zero attached hydrogens (tertiary/aromatic N) is 2. The molecule has 1 fully saturated rings. The number of rotatable bonds is 6. The molecule has 1 atom stereocenters. The van der Waals surface area contributed by atoms with Crippen molar-refractivity contribution in [3.05, 3.63) is 35.4 Å². The van der Waals surface area contributed by atoms with E-state index in [0.717, 1.165) is 43.2 Å². The lowest BCUT2D eigenvalue weighted by atomic mass is 9.91. The van der Waals surface area contributed by atoms with Gasteiger partial charge in [0.15, 0.2) is 5.82 Å². The van der Waals surface area contributed by atoms with Crippen molar-refractivity contribution in [2.24, 2.45) is 5.92 Å². The molecule has 0 aliphatic carbocycles. The molecule has 2 aromatic rings. The molecular weight excluding hydrogens is 294 g/mol. The highest BCUT2D eigenvalue weighted by Crippen LogP contribution is 2.30. The van der Waals surface area contributed by atoms with E-state index in [9.17, 15) is 0 Å². The Morgan fingerprint density at radius 3 is 2.70 bits per heavy atom. The smallest absolute Gasteiger partial charge is 0.244 e. The van der Waals surface area contributed by atoms with Gasteiger partial charge in [0.2, 0.25) is 5.89 Å². The lowest BCUT2D eigenvalue weighted by Crippen LogP contribution is -2.32. The van der Waals surface area contributed by atoms with Crippen molar-refractivity contribution >= 4 is 0 Å². The zero-order valence-corrected chi connectivity index (χ0v) is 14.0. The van der Waals surface area contributed by atoms with E-state index in [2.05, 4.69) is 29.3 Å². The Bertz CT molecular complexity index is 614. The van der Waals surface area contributed by atoms with Crippen molar-refractivity contribution in [3.8, 4) is 0 Å². The van der Waals surface area contributed by atoms with Crippen molar-refractivity contribution in [2.45, 2.75) is 52.1 Å². The van der Waals surface area contributed by atoms with Crippen molar-refractivity contribution in [3.63, 3.8) is 0 Å². The quantitative estimate of drug-likeness (QED) is 0.880. The molecule has 0 amide bonds. The number of aryl methyl sites for hydroxylation is 1. The van der Waals surface area contributed by atoms with Gasteiger partial charge < -0.3 is 13.7 Å². The first kappa shape index (κ1) is 16.2. The molecule has 2 aromatic heterocycles. The standard InChI is InChI=1S/C17H25N3O3/c1-11(2)16-19-17(23-20-16)15(13-5-7-21-8-6-13)18-10-14-12(3)4-9-22-14/h4,9,11,13,15,18H,5-8,10H2,1-3H3/t15-/m1/s1. The van der Waals surface area contributed by atoms with Gasteiger partial charge in [0.05, 0.1) is 18.8 Å². The Labute approximate surface area is 136 Å². The first-order chi connectivity index (χ1) is 11.1. The van der Waals surface area contributed by atoms with Crippen molar-refractivity contribution in [1.82, 2.24) is 15.5 Å². The third-order valence-corrected chi connectivity index (χ3v) is 4.43. The SMILES string of the molecule is Cc1ccoc1CN[C@@H](c1nc(C(C)C)no1)C1CCOCC1. The second-order valence-corrected chi connectivity index (χ2v) is 6.48. The summed E-state index contributed by atoms with van der Waals surface area (Å²) in [5.41, 5.74) is 1.15. The molecule has 23 heavy (non-hydrogen) atoms. The summed E-state index contributed by atoms with van der Waals surface area (Å²) in [4.78, 5) is 4.60. The summed E-state index contributed by atoms with van der Waals surface area (Å²) in [5.74, 6) is 3.07. The largest absolute Gasteiger partial charge is 0.468 e. The first-order valence-electron chi connectivity index (χ1n) is 8.32. The predicted octanol–water partition coefficient (Wildman–Crippen LogP) is 3.35. The summed E-state index contributed by atoms with van der Waals surface area (Å²) >= 11 is 0. The van der Waals surface area contributed by atoms with E-state index in [1.165, 1.54) is 0 Å². The lowest BCUT2D eigenvalue weighted by molar-refractivity contribution is 0.0482. The maximum atomic E-state index is 5.55. The van der Waals surface area contributed by atoms with Crippen LogP contribution < -0.4 is 5.32 Å². The fraction of sp³-hybridized carbons (Fsp3) is 0.647. The Kier molecular flexibility index (Phi) is 5.13. The molecule has 1 aliphatic rings. The van der Waals surface area contributed by atoms with E-state index < -0.39 is 0 Å². The monoisotopic (exact) mass is 319 g/mol. The number of aromatic nitrogens is 2. The van der Waals surface area contributed by atoms with Crippen LogP contribution in [0.25, 0.3) is 0 Å². The Balaban J connectivity index is 1.76. The molecular formula is C17H25N3O3. The fourth-order valence-electron chi connectivity index (χ4n) is 2.90. The maximum absolute atomic E-state index is 5.55. The number of ether oxygens (including phenoxy) is 1. The average molecular weight is 319 g/mol. The summed E-state index contributed by atoms with van der Waals surface area (Å²) in [6.07, 6.45) is 3.71. The van der Waals surface area contributed by atoms with Crippen LogP contribution >= 0.6 is 0 Å². The fourth-order valence-corrected chi connectivity index (χ4v) is 2.90. The van der Waals surface area contributed by atoms with Crippen molar-refractivity contribution < 1.29 is 13.7 Å². The van der Waals surface area contributed by atoms with E-state index in [1.807, 2.05) is 13.0 Å². The molecule has 3 rings (SSSR count). The molecule has 6 nitrogen and oxygen atoms in total.